The van der Waals surface area contributed by atoms with Crippen LogP contribution in [0.25, 0.3) is 0 Å². The molecule has 1 N–H and O–H groups in total. The number of nitrogens with zero attached hydrogens (tertiary/aromatic N) is 2. The number of halogens is 3. The number of benzene rings is 1. The summed E-state index contributed by atoms with van der Waals surface area (Å²) in [4.78, 5) is 13.0. The van der Waals surface area contributed by atoms with Crippen molar-refractivity contribution in [1.29, 1.82) is 0 Å². The SMILES string of the molecule is C=CCC[C@@H](c1ccc(Cl)c([N+](=O)[O-])c1)N1CCNCC1.Cl.Cl. The summed E-state index contributed by atoms with van der Waals surface area (Å²) in [6.07, 6.45) is 3.67. The van der Waals surface area contributed by atoms with Gasteiger partial charge in [0.15, 0.2) is 0 Å². The molecule has 5 nitrogen and oxygen atoms in total. The smallest absolute Gasteiger partial charge is 0.288 e. The van der Waals surface area contributed by atoms with Crippen LogP contribution < -0.4 is 5.32 Å². The van der Waals surface area contributed by atoms with Gasteiger partial charge in [-0.25, -0.2) is 0 Å². The van der Waals surface area contributed by atoms with E-state index in [1.54, 1.807) is 12.1 Å². The van der Waals surface area contributed by atoms with Crippen LogP contribution in [-0.2, 0) is 0 Å². The molecule has 8 heteroatoms. The molecule has 1 aliphatic rings. The van der Waals surface area contributed by atoms with Gasteiger partial charge in [0.2, 0.25) is 0 Å². The third kappa shape index (κ3) is 5.94. The van der Waals surface area contributed by atoms with Crippen molar-refractivity contribution in [2.75, 3.05) is 26.2 Å². The molecule has 130 valence electrons. The maximum Gasteiger partial charge on any atom is 0.288 e. The first-order valence-electron chi connectivity index (χ1n) is 7.13. The predicted molar refractivity (Wildman–Crippen MR) is 99.2 cm³/mol. The first kappa shape index (κ1) is 22.1. The fraction of sp³-hybridized carbons (Fsp3) is 0.467. The monoisotopic (exact) mass is 381 g/mol. The van der Waals surface area contributed by atoms with Crippen molar-refractivity contribution in [3.63, 3.8) is 0 Å². The van der Waals surface area contributed by atoms with Crippen LogP contribution in [0.5, 0.6) is 0 Å². The Morgan fingerprint density at radius 1 is 1.39 bits per heavy atom. The van der Waals surface area contributed by atoms with E-state index in [1.807, 2.05) is 12.1 Å². The zero-order valence-electron chi connectivity index (χ0n) is 12.7. The molecule has 0 spiro atoms. The summed E-state index contributed by atoms with van der Waals surface area (Å²) >= 11 is 5.90. The number of nitrogens with one attached hydrogen (secondary N) is 1. The molecule has 0 saturated carbocycles. The van der Waals surface area contributed by atoms with Crippen LogP contribution in [0.1, 0.15) is 24.4 Å². The quantitative estimate of drug-likeness (QED) is 0.459. The standard InChI is InChI=1S/C15H20ClN3O2.2ClH/c1-2-3-4-14(18-9-7-17-8-10-18)12-5-6-13(16)15(11-12)19(20)21;;/h2,5-6,11,14,17H,1,3-4,7-10H2;2*1H/t14-;;/m0../s1. The van der Waals surface area contributed by atoms with Crippen molar-refractivity contribution < 1.29 is 4.92 Å². The topological polar surface area (TPSA) is 58.4 Å². The predicted octanol–water partition coefficient (Wildman–Crippen LogP) is 4.00. The van der Waals surface area contributed by atoms with Crippen LogP contribution in [0.2, 0.25) is 5.02 Å². The molecular formula is C15H22Cl3N3O2. The summed E-state index contributed by atoms with van der Waals surface area (Å²) < 4.78 is 0. The van der Waals surface area contributed by atoms with Crippen LogP contribution in [-0.4, -0.2) is 36.0 Å². The lowest BCUT2D eigenvalue weighted by atomic mass is 9.99. The lowest BCUT2D eigenvalue weighted by Gasteiger charge is -2.35. The van der Waals surface area contributed by atoms with Crippen LogP contribution in [0, 0.1) is 10.1 Å². The Bertz CT molecular complexity index is 523. The van der Waals surface area contributed by atoms with E-state index in [9.17, 15) is 10.1 Å². The van der Waals surface area contributed by atoms with Gasteiger partial charge in [-0.15, -0.1) is 31.4 Å². The van der Waals surface area contributed by atoms with Gasteiger partial charge >= 0.3 is 0 Å². The van der Waals surface area contributed by atoms with Crippen LogP contribution in [0.15, 0.2) is 30.9 Å². The number of allylic oxidation sites excluding steroid dienone is 1. The number of rotatable bonds is 6. The van der Waals surface area contributed by atoms with Crippen molar-refractivity contribution in [3.8, 4) is 0 Å². The molecule has 0 radical (unpaired) electrons. The third-order valence-electron chi connectivity index (χ3n) is 3.79. The molecule has 1 aliphatic heterocycles. The van der Waals surface area contributed by atoms with Gasteiger partial charge in [-0.1, -0.05) is 23.7 Å². The molecule has 1 fully saturated rings. The van der Waals surface area contributed by atoms with E-state index in [2.05, 4.69) is 16.8 Å². The Labute approximate surface area is 154 Å². The molecule has 1 aromatic carbocycles. The highest BCUT2D eigenvalue weighted by Crippen LogP contribution is 2.32. The van der Waals surface area contributed by atoms with E-state index in [0.717, 1.165) is 44.6 Å². The molecule has 1 atom stereocenters. The number of nitro groups is 1. The maximum atomic E-state index is 11.1. The number of nitro benzene ring substituents is 1. The molecule has 23 heavy (non-hydrogen) atoms. The summed E-state index contributed by atoms with van der Waals surface area (Å²) in [6, 6.07) is 5.29. The van der Waals surface area contributed by atoms with Gasteiger partial charge in [0.25, 0.3) is 5.69 Å². The van der Waals surface area contributed by atoms with E-state index in [1.165, 1.54) is 0 Å². The minimum absolute atomic E-state index is 0. The lowest BCUT2D eigenvalue weighted by Crippen LogP contribution is -2.45. The average molecular weight is 383 g/mol. The van der Waals surface area contributed by atoms with Gasteiger partial charge in [0.1, 0.15) is 5.02 Å². The first-order valence-corrected chi connectivity index (χ1v) is 7.50. The largest absolute Gasteiger partial charge is 0.314 e. The fourth-order valence-corrected chi connectivity index (χ4v) is 2.89. The second-order valence-corrected chi connectivity index (χ2v) is 5.54. The van der Waals surface area contributed by atoms with Crippen molar-refractivity contribution >= 4 is 42.1 Å². The lowest BCUT2D eigenvalue weighted by molar-refractivity contribution is -0.384. The zero-order valence-corrected chi connectivity index (χ0v) is 15.1. The molecule has 0 aromatic heterocycles. The van der Waals surface area contributed by atoms with Crippen LogP contribution in [0.4, 0.5) is 5.69 Å². The molecule has 1 saturated heterocycles. The van der Waals surface area contributed by atoms with E-state index in [-0.39, 0.29) is 41.6 Å². The van der Waals surface area contributed by atoms with Crippen molar-refractivity contribution in [2.45, 2.75) is 18.9 Å². The van der Waals surface area contributed by atoms with Crippen LogP contribution >= 0.6 is 36.4 Å². The second kappa shape index (κ2) is 10.8. The van der Waals surface area contributed by atoms with E-state index in [4.69, 9.17) is 11.6 Å². The second-order valence-electron chi connectivity index (χ2n) is 5.14. The van der Waals surface area contributed by atoms with E-state index in [0.29, 0.717) is 0 Å². The molecule has 1 heterocycles. The maximum absolute atomic E-state index is 11.1. The van der Waals surface area contributed by atoms with Gasteiger partial charge in [0.05, 0.1) is 4.92 Å². The zero-order chi connectivity index (χ0) is 15.2. The Morgan fingerprint density at radius 2 is 2.04 bits per heavy atom. The van der Waals surface area contributed by atoms with Gasteiger partial charge in [-0.05, 0) is 24.5 Å². The summed E-state index contributed by atoms with van der Waals surface area (Å²) in [5, 5.41) is 14.6. The van der Waals surface area contributed by atoms with Gasteiger partial charge < -0.3 is 5.32 Å². The van der Waals surface area contributed by atoms with Crippen molar-refractivity contribution in [2.24, 2.45) is 0 Å². The molecule has 0 unspecified atom stereocenters. The number of hydrogen-bond donors (Lipinski definition) is 1. The minimum atomic E-state index is -0.422. The molecule has 2 rings (SSSR count). The number of hydrogen-bond acceptors (Lipinski definition) is 4. The van der Waals surface area contributed by atoms with Gasteiger partial charge in [-0.2, -0.15) is 0 Å². The molecule has 1 aromatic rings. The van der Waals surface area contributed by atoms with Crippen molar-refractivity contribution in [1.82, 2.24) is 10.2 Å². The van der Waals surface area contributed by atoms with E-state index < -0.39 is 4.92 Å². The normalized spacial score (nSPS) is 15.9. The van der Waals surface area contributed by atoms with Gasteiger partial charge in [-0.3, -0.25) is 15.0 Å². The Hall–Kier alpha value is -0.850. The highest BCUT2D eigenvalue weighted by atomic mass is 35.5. The Balaban J connectivity index is 0.00000242. The van der Waals surface area contributed by atoms with E-state index >= 15 is 0 Å². The van der Waals surface area contributed by atoms with Crippen molar-refractivity contribution in [3.05, 3.63) is 51.6 Å². The first-order chi connectivity index (χ1) is 10.1. The highest BCUT2D eigenvalue weighted by molar-refractivity contribution is 6.32. The summed E-state index contributed by atoms with van der Waals surface area (Å²) in [7, 11) is 0. The minimum Gasteiger partial charge on any atom is -0.314 e. The summed E-state index contributed by atoms with van der Waals surface area (Å²) in [5.74, 6) is 0. The average Bonchev–Trinajstić information content (AvgIpc) is 2.50. The fourth-order valence-electron chi connectivity index (χ4n) is 2.71. The Morgan fingerprint density at radius 3 is 2.61 bits per heavy atom. The third-order valence-corrected chi connectivity index (χ3v) is 4.11. The Kier molecular flexibility index (Phi) is 10.4. The molecule has 0 bridgehead atoms. The summed E-state index contributed by atoms with van der Waals surface area (Å²) in [5.41, 5.74) is 0.933. The highest BCUT2D eigenvalue weighted by Gasteiger charge is 2.24. The molecule has 0 amide bonds. The van der Waals surface area contributed by atoms with Crippen LogP contribution in [0.3, 0.4) is 0 Å². The van der Waals surface area contributed by atoms with Gasteiger partial charge in [0, 0.05) is 38.3 Å². The number of piperazine rings is 1. The molecule has 0 aliphatic carbocycles. The summed E-state index contributed by atoms with van der Waals surface area (Å²) in [6.45, 7) is 7.55. The molecular weight excluding hydrogens is 361 g/mol.